The summed E-state index contributed by atoms with van der Waals surface area (Å²) in [6, 6.07) is -0.453. The third kappa shape index (κ3) is 2.48. The number of pyridine rings is 1. The van der Waals surface area contributed by atoms with E-state index in [9.17, 15) is 9.59 Å². The van der Waals surface area contributed by atoms with Crippen LogP contribution in [0, 0.1) is 13.8 Å². The van der Waals surface area contributed by atoms with Crippen molar-refractivity contribution in [3.63, 3.8) is 0 Å². The molecule has 7 heteroatoms. The number of amides is 3. The third-order valence-electron chi connectivity index (χ3n) is 5.04. The summed E-state index contributed by atoms with van der Waals surface area (Å²) in [5.41, 5.74) is 2.76. The standard InChI is InChI=1S/C17H24N4O3/c1-10-6-18-14(11(2)15(10)24-5)9-20-8-13-7-19(4)16(22)12(3)21(13)17(20)23/h6,12-13H,7-9H2,1-5H3/t12-,13+/m0/s1. The molecule has 0 aliphatic carbocycles. The van der Waals surface area contributed by atoms with Gasteiger partial charge in [-0.1, -0.05) is 0 Å². The fourth-order valence-electron chi connectivity index (χ4n) is 3.76. The highest BCUT2D eigenvalue weighted by Gasteiger charge is 2.46. The van der Waals surface area contributed by atoms with Gasteiger partial charge in [0.05, 0.1) is 25.4 Å². The number of carbonyl (C=O) groups excluding carboxylic acids is 2. The van der Waals surface area contributed by atoms with E-state index in [4.69, 9.17) is 4.74 Å². The molecule has 7 nitrogen and oxygen atoms in total. The first-order chi connectivity index (χ1) is 11.3. The number of methoxy groups -OCH3 is 1. The highest BCUT2D eigenvalue weighted by atomic mass is 16.5. The number of hydrogen-bond donors (Lipinski definition) is 0. The maximum Gasteiger partial charge on any atom is 0.321 e. The van der Waals surface area contributed by atoms with E-state index in [-0.39, 0.29) is 18.0 Å². The molecule has 3 heterocycles. The predicted octanol–water partition coefficient (Wildman–Crippen LogP) is 1.17. The van der Waals surface area contributed by atoms with Crippen LogP contribution in [0.15, 0.2) is 6.20 Å². The maximum atomic E-state index is 12.8. The lowest BCUT2D eigenvalue weighted by Gasteiger charge is -2.38. The maximum absolute atomic E-state index is 12.8. The van der Waals surface area contributed by atoms with Crippen LogP contribution in [0.1, 0.15) is 23.7 Å². The summed E-state index contributed by atoms with van der Waals surface area (Å²) in [7, 11) is 3.43. The summed E-state index contributed by atoms with van der Waals surface area (Å²) < 4.78 is 5.44. The van der Waals surface area contributed by atoms with Gasteiger partial charge in [-0.25, -0.2) is 4.79 Å². The van der Waals surface area contributed by atoms with Crippen LogP contribution in [0.3, 0.4) is 0 Å². The van der Waals surface area contributed by atoms with Crippen LogP contribution >= 0.6 is 0 Å². The molecule has 0 radical (unpaired) electrons. The van der Waals surface area contributed by atoms with Gasteiger partial charge >= 0.3 is 6.03 Å². The highest BCUT2D eigenvalue weighted by Crippen LogP contribution is 2.29. The number of rotatable bonds is 3. The monoisotopic (exact) mass is 332 g/mol. The summed E-state index contributed by atoms with van der Waals surface area (Å²) in [6.45, 7) is 7.33. The van der Waals surface area contributed by atoms with Gasteiger partial charge in [-0.2, -0.15) is 0 Å². The number of piperazine rings is 1. The van der Waals surface area contributed by atoms with Gasteiger partial charge in [0.15, 0.2) is 0 Å². The molecule has 2 atom stereocenters. The summed E-state index contributed by atoms with van der Waals surface area (Å²) in [6.07, 6.45) is 1.77. The fraction of sp³-hybridized carbons (Fsp3) is 0.588. The van der Waals surface area contributed by atoms with E-state index in [0.717, 1.165) is 22.6 Å². The number of aromatic nitrogens is 1. The summed E-state index contributed by atoms with van der Waals surface area (Å²) in [5.74, 6) is 0.806. The molecule has 2 aliphatic heterocycles. The lowest BCUT2D eigenvalue weighted by Crippen LogP contribution is -2.58. The van der Waals surface area contributed by atoms with Crippen molar-refractivity contribution < 1.29 is 14.3 Å². The number of nitrogens with zero attached hydrogens (tertiary/aromatic N) is 4. The Hall–Kier alpha value is -2.31. The molecule has 0 unspecified atom stereocenters. The first-order valence-electron chi connectivity index (χ1n) is 8.16. The minimum absolute atomic E-state index is 0.00670. The molecule has 3 amide bonds. The topological polar surface area (TPSA) is 66.0 Å². The SMILES string of the molecule is COc1c(C)cnc(CN2C[C@H]3CN(C)C(=O)[C@H](C)N3C2=O)c1C. The minimum Gasteiger partial charge on any atom is -0.496 e. The second-order valence-electron chi connectivity index (χ2n) is 6.67. The predicted molar refractivity (Wildman–Crippen MR) is 88.8 cm³/mol. The quantitative estimate of drug-likeness (QED) is 0.833. The van der Waals surface area contributed by atoms with Crippen molar-refractivity contribution >= 4 is 11.9 Å². The van der Waals surface area contributed by atoms with Gasteiger partial charge in [-0.3, -0.25) is 9.78 Å². The average molecular weight is 332 g/mol. The Morgan fingerprint density at radius 1 is 1.29 bits per heavy atom. The second-order valence-corrected chi connectivity index (χ2v) is 6.67. The van der Waals surface area contributed by atoms with Crippen LogP contribution in [0.5, 0.6) is 5.75 Å². The Morgan fingerprint density at radius 2 is 2.00 bits per heavy atom. The zero-order chi connectivity index (χ0) is 17.6. The van der Waals surface area contributed by atoms with E-state index in [1.165, 1.54) is 0 Å². The Bertz CT molecular complexity index is 691. The first kappa shape index (κ1) is 16.5. The number of hydrogen-bond acceptors (Lipinski definition) is 4. The van der Waals surface area contributed by atoms with Crippen molar-refractivity contribution in [2.75, 3.05) is 27.2 Å². The van der Waals surface area contributed by atoms with Gasteiger partial charge < -0.3 is 19.4 Å². The van der Waals surface area contributed by atoms with Crippen molar-refractivity contribution in [1.82, 2.24) is 19.7 Å². The van der Waals surface area contributed by atoms with Crippen molar-refractivity contribution in [1.29, 1.82) is 0 Å². The molecular formula is C17H24N4O3. The number of aryl methyl sites for hydroxylation is 1. The minimum atomic E-state index is -0.409. The van der Waals surface area contributed by atoms with E-state index >= 15 is 0 Å². The summed E-state index contributed by atoms with van der Waals surface area (Å²) in [5, 5.41) is 0. The van der Waals surface area contributed by atoms with Crippen LogP contribution in [0.25, 0.3) is 0 Å². The van der Waals surface area contributed by atoms with Crippen LogP contribution in [-0.2, 0) is 11.3 Å². The molecule has 0 saturated carbocycles. The first-order valence-corrected chi connectivity index (χ1v) is 8.16. The second kappa shape index (κ2) is 5.96. The number of carbonyl (C=O) groups is 2. The fourth-order valence-corrected chi connectivity index (χ4v) is 3.76. The lowest BCUT2D eigenvalue weighted by molar-refractivity contribution is -0.139. The number of fused-ring (bicyclic) bond motifs is 1. The lowest BCUT2D eigenvalue weighted by atomic mass is 10.1. The number of likely N-dealkylation sites (N-methyl/N-ethyl adjacent to an activating group) is 1. The van der Waals surface area contributed by atoms with Crippen LogP contribution in [-0.4, -0.2) is 71.0 Å². The smallest absolute Gasteiger partial charge is 0.321 e. The molecule has 130 valence electrons. The largest absolute Gasteiger partial charge is 0.496 e. The Balaban J connectivity index is 1.83. The molecule has 2 fully saturated rings. The van der Waals surface area contributed by atoms with E-state index in [2.05, 4.69) is 4.98 Å². The normalized spacial score (nSPS) is 23.8. The van der Waals surface area contributed by atoms with E-state index in [1.54, 1.807) is 42.0 Å². The van der Waals surface area contributed by atoms with E-state index in [0.29, 0.717) is 19.6 Å². The molecule has 0 spiro atoms. The van der Waals surface area contributed by atoms with Gasteiger partial charge in [-0.15, -0.1) is 0 Å². The van der Waals surface area contributed by atoms with Crippen molar-refractivity contribution in [2.45, 2.75) is 39.4 Å². The highest BCUT2D eigenvalue weighted by molar-refractivity contribution is 5.89. The molecule has 0 bridgehead atoms. The van der Waals surface area contributed by atoms with Gasteiger partial charge in [0, 0.05) is 37.5 Å². The molecule has 2 saturated heterocycles. The van der Waals surface area contributed by atoms with Crippen LogP contribution in [0.2, 0.25) is 0 Å². The Kier molecular flexibility index (Phi) is 4.11. The Morgan fingerprint density at radius 3 is 2.67 bits per heavy atom. The van der Waals surface area contributed by atoms with Crippen molar-refractivity contribution in [3.05, 3.63) is 23.0 Å². The van der Waals surface area contributed by atoms with Gasteiger partial charge in [-0.05, 0) is 20.8 Å². The molecule has 1 aromatic heterocycles. The third-order valence-corrected chi connectivity index (χ3v) is 5.04. The molecular weight excluding hydrogens is 308 g/mol. The zero-order valence-electron chi connectivity index (χ0n) is 14.9. The molecule has 3 rings (SSSR count). The number of urea groups is 1. The van der Waals surface area contributed by atoms with Gasteiger partial charge in [0.25, 0.3) is 0 Å². The molecule has 1 aromatic rings. The Labute approximate surface area is 142 Å². The molecule has 2 aliphatic rings. The van der Waals surface area contributed by atoms with Crippen LogP contribution < -0.4 is 4.74 Å². The van der Waals surface area contributed by atoms with Crippen molar-refractivity contribution in [2.24, 2.45) is 0 Å². The summed E-state index contributed by atoms with van der Waals surface area (Å²) >= 11 is 0. The van der Waals surface area contributed by atoms with E-state index in [1.807, 2.05) is 13.8 Å². The van der Waals surface area contributed by atoms with Gasteiger partial charge in [0.1, 0.15) is 11.8 Å². The molecule has 24 heavy (non-hydrogen) atoms. The average Bonchev–Trinajstić information content (AvgIpc) is 2.84. The van der Waals surface area contributed by atoms with E-state index < -0.39 is 6.04 Å². The van der Waals surface area contributed by atoms with Crippen molar-refractivity contribution in [3.8, 4) is 5.75 Å². The summed E-state index contributed by atoms with van der Waals surface area (Å²) in [4.78, 5) is 34.6. The number of ether oxygens (including phenoxy) is 1. The molecule has 0 N–H and O–H groups in total. The van der Waals surface area contributed by atoms with Crippen LogP contribution in [0.4, 0.5) is 4.79 Å². The molecule has 0 aromatic carbocycles. The zero-order valence-corrected chi connectivity index (χ0v) is 14.9. The van der Waals surface area contributed by atoms with Gasteiger partial charge in [0.2, 0.25) is 5.91 Å².